The van der Waals surface area contributed by atoms with E-state index in [4.69, 9.17) is 14.0 Å². The second kappa shape index (κ2) is 6.11. The van der Waals surface area contributed by atoms with Crippen LogP contribution in [-0.2, 0) is 9.31 Å². The number of hydrogen-bond acceptors (Lipinski definition) is 5. The zero-order chi connectivity index (χ0) is 17.4. The smallest absolute Gasteiger partial charge is 0.496 e. The number of benzene rings is 1. The van der Waals surface area contributed by atoms with E-state index in [1.165, 1.54) is 0 Å². The predicted molar refractivity (Wildman–Crippen MR) is 96.2 cm³/mol. The number of hydrogen-bond donors (Lipinski definition) is 1. The summed E-state index contributed by atoms with van der Waals surface area (Å²) >= 11 is 0. The highest BCUT2D eigenvalue weighted by Crippen LogP contribution is 2.36. The van der Waals surface area contributed by atoms with Crippen LogP contribution >= 0.6 is 0 Å². The van der Waals surface area contributed by atoms with Crippen LogP contribution in [0, 0.1) is 0 Å². The van der Waals surface area contributed by atoms with E-state index in [-0.39, 0.29) is 11.2 Å². The minimum atomic E-state index is -0.391. The molecule has 1 aliphatic heterocycles. The first-order valence-corrected chi connectivity index (χ1v) is 8.03. The molecule has 2 heterocycles. The van der Waals surface area contributed by atoms with E-state index >= 15 is 0 Å². The summed E-state index contributed by atoms with van der Waals surface area (Å²) in [4.78, 5) is 4.45. The summed E-state index contributed by atoms with van der Waals surface area (Å²) in [7, 11) is 1.26. The Bertz CT molecular complexity index is 683. The third kappa shape index (κ3) is 3.25. The second-order valence-corrected chi connectivity index (χ2v) is 6.92. The summed E-state index contributed by atoms with van der Waals surface area (Å²) in [6.45, 7) is 8.17. The average Bonchev–Trinajstić information content (AvgIpc) is 2.77. The van der Waals surface area contributed by atoms with Crippen LogP contribution in [0.2, 0.25) is 0 Å². The van der Waals surface area contributed by atoms with Crippen LogP contribution in [0.25, 0.3) is 0 Å². The largest absolute Gasteiger partial charge is 0.497 e. The summed E-state index contributed by atoms with van der Waals surface area (Å²) in [6, 6.07) is 11.6. The van der Waals surface area contributed by atoms with E-state index in [0.29, 0.717) is 0 Å². The molecule has 0 spiro atoms. The van der Waals surface area contributed by atoms with Gasteiger partial charge in [0.2, 0.25) is 0 Å². The van der Waals surface area contributed by atoms with Crippen molar-refractivity contribution in [3.63, 3.8) is 0 Å². The van der Waals surface area contributed by atoms with Crippen molar-refractivity contribution in [2.24, 2.45) is 0 Å². The summed E-state index contributed by atoms with van der Waals surface area (Å²) in [5, 5.41) is 3.26. The van der Waals surface area contributed by atoms with Crippen LogP contribution in [0.5, 0.6) is 5.75 Å². The lowest BCUT2D eigenvalue weighted by Gasteiger charge is -2.32. The maximum Gasteiger partial charge on any atom is 0.496 e. The molecule has 6 heteroatoms. The van der Waals surface area contributed by atoms with E-state index in [2.05, 4.69) is 10.3 Å². The molecule has 1 fully saturated rings. The second-order valence-electron chi connectivity index (χ2n) is 6.92. The molecule has 0 unspecified atom stereocenters. The zero-order valence-corrected chi connectivity index (χ0v) is 14.8. The third-order valence-corrected chi connectivity index (χ3v) is 4.67. The van der Waals surface area contributed by atoms with Gasteiger partial charge in [-0.1, -0.05) is 6.07 Å². The molecule has 0 saturated carbocycles. The van der Waals surface area contributed by atoms with Gasteiger partial charge in [-0.2, -0.15) is 0 Å². The van der Waals surface area contributed by atoms with Gasteiger partial charge in [0.05, 0.1) is 18.3 Å². The Morgan fingerprint density at radius 1 is 0.958 bits per heavy atom. The Morgan fingerprint density at radius 3 is 2.08 bits per heavy atom. The molecule has 5 nitrogen and oxygen atoms in total. The number of ether oxygens (including phenoxy) is 1. The standard InChI is InChI=1S/C18H23BN2O3/c1-17(2)18(3,4)24-19(23-17)13-6-11-16(20-12-13)21-14-7-9-15(22-5)10-8-14/h6-12H,1-5H3,(H,20,21). The molecule has 24 heavy (non-hydrogen) atoms. The predicted octanol–water partition coefficient (Wildman–Crippen LogP) is 3.13. The summed E-state index contributed by atoms with van der Waals surface area (Å²) < 4.78 is 17.2. The third-order valence-electron chi connectivity index (χ3n) is 4.67. The highest BCUT2D eigenvalue weighted by atomic mass is 16.7. The molecule has 1 aromatic carbocycles. The number of nitrogens with zero attached hydrogens (tertiary/aromatic N) is 1. The van der Waals surface area contributed by atoms with Crippen molar-refractivity contribution < 1.29 is 14.0 Å². The molecule has 1 aliphatic rings. The SMILES string of the molecule is COc1ccc(Nc2ccc(B3OC(C)(C)C(C)(C)O3)cn2)cc1. The molecule has 0 aliphatic carbocycles. The fourth-order valence-corrected chi connectivity index (χ4v) is 2.42. The number of rotatable bonds is 4. The quantitative estimate of drug-likeness (QED) is 0.875. The van der Waals surface area contributed by atoms with Crippen molar-refractivity contribution in [1.29, 1.82) is 0 Å². The van der Waals surface area contributed by atoms with E-state index in [1.54, 1.807) is 13.3 Å². The average molecular weight is 326 g/mol. The van der Waals surface area contributed by atoms with Crippen LogP contribution in [0.3, 0.4) is 0 Å². The van der Waals surface area contributed by atoms with Gasteiger partial charge in [-0.25, -0.2) is 4.98 Å². The molecule has 1 N–H and O–H groups in total. The first kappa shape index (κ1) is 16.8. The van der Waals surface area contributed by atoms with E-state index in [0.717, 1.165) is 22.7 Å². The van der Waals surface area contributed by atoms with Crippen molar-refractivity contribution in [3.8, 4) is 5.75 Å². The number of anilines is 2. The minimum absolute atomic E-state index is 0.350. The van der Waals surface area contributed by atoms with Crippen LogP contribution in [-0.4, -0.2) is 30.4 Å². The normalized spacial score (nSPS) is 18.5. The fourth-order valence-electron chi connectivity index (χ4n) is 2.42. The lowest BCUT2D eigenvalue weighted by atomic mass is 9.80. The Kier molecular flexibility index (Phi) is 4.28. The Balaban J connectivity index is 1.69. The fraction of sp³-hybridized carbons (Fsp3) is 0.389. The number of aromatic nitrogens is 1. The molecular formula is C18H23BN2O3. The molecule has 3 rings (SSSR count). The van der Waals surface area contributed by atoms with E-state index in [9.17, 15) is 0 Å². The van der Waals surface area contributed by atoms with Gasteiger partial charge >= 0.3 is 7.12 Å². The van der Waals surface area contributed by atoms with Crippen molar-refractivity contribution >= 4 is 24.1 Å². The van der Waals surface area contributed by atoms with Gasteiger partial charge in [-0.3, -0.25) is 0 Å². The highest BCUT2D eigenvalue weighted by Gasteiger charge is 2.51. The van der Waals surface area contributed by atoms with Crippen LogP contribution < -0.4 is 15.5 Å². The molecule has 0 bridgehead atoms. The van der Waals surface area contributed by atoms with Gasteiger partial charge < -0.3 is 19.4 Å². The van der Waals surface area contributed by atoms with Gasteiger partial charge in [0.25, 0.3) is 0 Å². The molecule has 0 radical (unpaired) electrons. The van der Waals surface area contributed by atoms with Crippen molar-refractivity contribution in [2.75, 3.05) is 12.4 Å². The highest BCUT2D eigenvalue weighted by molar-refractivity contribution is 6.62. The number of nitrogens with one attached hydrogen (secondary N) is 1. The molecule has 0 atom stereocenters. The Hall–Kier alpha value is -2.05. The number of pyridine rings is 1. The zero-order valence-electron chi connectivity index (χ0n) is 14.8. The molecule has 0 amide bonds. The van der Waals surface area contributed by atoms with Gasteiger partial charge in [0.15, 0.2) is 0 Å². The van der Waals surface area contributed by atoms with Crippen LogP contribution in [0.4, 0.5) is 11.5 Å². The Labute approximate surface area is 143 Å². The molecule has 126 valence electrons. The van der Waals surface area contributed by atoms with Gasteiger partial charge in [-0.05, 0) is 58.0 Å². The number of methoxy groups -OCH3 is 1. The van der Waals surface area contributed by atoms with Gasteiger partial charge in [0.1, 0.15) is 11.6 Å². The van der Waals surface area contributed by atoms with Crippen molar-refractivity contribution in [2.45, 2.75) is 38.9 Å². The van der Waals surface area contributed by atoms with Gasteiger partial charge in [-0.15, -0.1) is 0 Å². The molecule has 1 saturated heterocycles. The maximum atomic E-state index is 6.04. The first-order chi connectivity index (χ1) is 11.3. The molecular weight excluding hydrogens is 303 g/mol. The first-order valence-electron chi connectivity index (χ1n) is 8.03. The van der Waals surface area contributed by atoms with E-state index in [1.807, 2.05) is 64.1 Å². The minimum Gasteiger partial charge on any atom is -0.497 e. The van der Waals surface area contributed by atoms with Crippen LogP contribution in [0.15, 0.2) is 42.6 Å². The van der Waals surface area contributed by atoms with Crippen molar-refractivity contribution in [3.05, 3.63) is 42.6 Å². The topological polar surface area (TPSA) is 52.6 Å². The van der Waals surface area contributed by atoms with Crippen LogP contribution in [0.1, 0.15) is 27.7 Å². The van der Waals surface area contributed by atoms with E-state index < -0.39 is 7.12 Å². The van der Waals surface area contributed by atoms with Gasteiger partial charge in [0, 0.05) is 17.3 Å². The summed E-state index contributed by atoms with van der Waals surface area (Å²) in [5.41, 5.74) is 1.16. The molecule has 2 aromatic rings. The molecule has 1 aromatic heterocycles. The monoisotopic (exact) mass is 326 g/mol. The lowest BCUT2D eigenvalue weighted by Crippen LogP contribution is -2.41. The lowest BCUT2D eigenvalue weighted by molar-refractivity contribution is 0.00578. The summed E-state index contributed by atoms with van der Waals surface area (Å²) in [6.07, 6.45) is 1.79. The Morgan fingerprint density at radius 2 is 1.58 bits per heavy atom. The van der Waals surface area contributed by atoms with Crippen molar-refractivity contribution in [1.82, 2.24) is 4.98 Å². The maximum absolute atomic E-state index is 6.04. The summed E-state index contributed by atoms with van der Waals surface area (Å²) in [5.74, 6) is 1.59.